The number of hydrogen-bond donors (Lipinski definition) is 0. The molecule has 0 atom stereocenters. The molecule has 0 amide bonds. The van der Waals surface area contributed by atoms with Crippen molar-refractivity contribution in [3.05, 3.63) is 216 Å². The van der Waals surface area contributed by atoms with Crippen molar-refractivity contribution < 1.29 is 73.4 Å². The molecule has 0 unspecified atom stereocenters. The maximum atomic E-state index is 14.0. The van der Waals surface area contributed by atoms with Crippen molar-refractivity contribution >= 4 is 47.6 Å². The van der Waals surface area contributed by atoms with Crippen molar-refractivity contribution in [1.82, 2.24) is 0 Å². The van der Waals surface area contributed by atoms with Crippen LogP contribution in [-0.2, 0) is 21.7 Å². The van der Waals surface area contributed by atoms with Crippen LogP contribution in [0.3, 0.4) is 0 Å². The molecule has 8 aromatic carbocycles. The summed E-state index contributed by atoms with van der Waals surface area (Å²) < 4.78 is 116. The van der Waals surface area contributed by atoms with E-state index in [1.54, 1.807) is 27.4 Å². The second kappa shape index (κ2) is 28.6. The van der Waals surface area contributed by atoms with Crippen LogP contribution in [0, 0.1) is 77.6 Å². The number of fused-ring (bicyclic) bond motifs is 4. The van der Waals surface area contributed by atoms with Crippen LogP contribution in [0.4, 0.5) is 44.7 Å². The van der Waals surface area contributed by atoms with Crippen molar-refractivity contribution in [2.24, 2.45) is 0 Å². The van der Waals surface area contributed by atoms with Gasteiger partial charge in [-0.1, -0.05) is 143 Å². The van der Waals surface area contributed by atoms with Crippen molar-refractivity contribution in [1.29, 1.82) is 0 Å². The summed E-state index contributed by atoms with van der Waals surface area (Å²) in [6.45, 7) is 42.3. The predicted octanol–water partition coefficient (Wildman–Crippen LogP) is 19.3. The molecular formula is C82H95F5N4O7+4. The molecule has 0 saturated carbocycles. The third-order valence-corrected chi connectivity index (χ3v) is 17.4. The maximum absolute atomic E-state index is 14.0. The fourth-order valence-electron chi connectivity index (χ4n) is 12.5. The van der Waals surface area contributed by atoms with Gasteiger partial charge in [-0.3, -0.25) is 0 Å². The number of hydrogen-bond acceptors (Lipinski definition) is 7. The zero-order valence-electron chi connectivity index (χ0n) is 61.0. The number of ether oxygens (including phenoxy) is 7. The molecule has 0 fully saturated rings. The smallest absolute Gasteiger partial charge is 0.293 e. The van der Waals surface area contributed by atoms with Crippen molar-refractivity contribution in [3.8, 4) is 40.2 Å². The molecule has 4 aliphatic rings. The summed E-state index contributed by atoms with van der Waals surface area (Å²) >= 11 is 0. The average Bonchev–Trinajstić information content (AvgIpc) is 1.52. The lowest BCUT2D eigenvalue weighted by Gasteiger charge is -2.20. The third-order valence-electron chi connectivity index (χ3n) is 17.4. The highest BCUT2D eigenvalue weighted by Gasteiger charge is 2.38. The Kier molecular flexibility index (Phi) is 21.3. The van der Waals surface area contributed by atoms with Crippen LogP contribution >= 0.6 is 0 Å². The lowest BCUT2D eigenvalue weighted by Crippen LogP contribution is -2.13. The summed E-state index contributed by atoms with van der Waals surface area (Å²) in [6.07, 6.45) is 7.32. The lowest BCUT2D eigenvalue weighted by atomic mass is 9.85. The molecule has 4 aliphatic heterocycles. The van der Waals surface area contributed by atoms with Crippen LogP contribution in [0.5, 0.6) is 40.2 Å². The fraction of sp³-hybridized carbons (Fsp3) is 0.366. The highest BCUT2D eigenvalue weighted by molar-refractivity contribution is 5.83. The molecule has 12 rings (SSSR count). The molecule has 0 radical (unpaired) electrons. The topological polar surface area (TPSA) is 76.7 Å². The summed E-state index contributed by atoms with van der Waals surface area (Å²) in [5, 5.41) is 0. The summed E-state index contributed by atoms with van der Waals surface area (Å²) in [5.41, 5.74) is 19.5. The molecule has 0 bridgehead atoms. The number of benzene rings is 8. The van der Waals surface area contributed by atoms with E-state index in [0.29, 0.717) is 48.9 Å². The molecule has 98 heavy (non-hydrogen) atoms. The monoisotopic (exact) mass is 1340 g/mol. The minimum atomic E-state index is -2.18. The fourth-order valence-corrected chi connectivity index (χ4v) is 12.5. The first-order valence-corrected chi connectivity index (χ1v) is 32.9. The highest BCUT2D eigenvalue weighted by atomic mass is 19.2. The molecule has 16 heteroatoms. The van der Waals surface area contributed by atoms with Crippen molar-refractivity contribution in [2.75, 3.05) is 48.3 Å². The Labute approximate surface area is 575 Å². The molecule has 0 aromatic heterocycles. The van der Waals surface area contributed by atoms with E-state index in [9.17, 15) is 22.0 Å². The zero-order valence-corrected chi connectivity index (χ0v) is 61.0. The maximum Gasteiger partial charge on any atom is 0.293 e. The van der Waals surface area contributed by atoms with E-state index in [1.807, 2.05) is 58.2 Å². The van der Waals surface area contributed by atoms with E-state index in [4.69, 9.17) is 33.2 Å². The molecule has 0 N–H and O–H groups in total. The Morgan fingerprint density at radius 2 is 0.622 bits per heavy atom. The molecule has 0 spiro atoms. The Hall–Kier alpha value is -9.31. The van der Waals surface area contributed by atoms with Gasteiger partial charge in [0.2, 0.25) is 34.6 Å². The van der Waals surface area contributed by atoms with E-state index >= 15 is 0 Å². The number of nitrogens with zero attached hydrogens (tertiary/aromatic N) is 4. The second-order valence-electron chi connectivity index (χ2n) is 29.8. The summed E-state index contributed by atoms with van der Waals surface area (Å²) in [6, 6.07) is 35.7. The third kappa shape index (κ3) is 15.8. The zero-order chi connectivity index (χ0) is 71.8. The van der Waals surface area contributed by atoms with Gasteiger partial charge in [-0.15, -0.1) is 0 Å². The molecule has 11 nitrogen and oxygen atoms in total. The minimum Gasteiger partial charge on any atom is -0.493 e. The van der Waals surface area contributed by atoms with Crippen LogP contribution in [0.2, 0.25) is 0 Å². The SMILES string of the molecule is COc1cc(/C=[N+]2/COc3c2cc(C)cc3C(C)(C)C)cc(OC)c1OC.Cc1cc(C)c(/C=[N+]2/COc3c2cc(C)cc3C(C)(C)C)c(C)c1.Cc1cc2c(c(C(C)(C)C)c1)OC/[N+]2=C/c1c(F)c(F)c(F)c(F)c1F.Cc1cc2c(c(C(C)(C)C)c1)OC/[N+]2=C/c1ccccc1. The number of halogens is 5. The molecule has 8 aromatic rings. The summed E-state index contributed by atoms with van der Waals surface area (Å²) in [5.74, 6) is -4.50. The van der Waals surface area contributed by atoms with Gasteiger partial charge in [0.1, 0.15) is 5.56 Å². The van der Waals surface area contributed by atoms with Gasteiger partial charge < -0.3 is 33.2 Å². The molecule has 4 heterocycles. The molecular weight excluding hydrogens is 1250 g/mol. The predicted molar refractivity (Wildman–Crippen MR) is 381 cm³/mol. The van der Waals surface area contributed by atoms with E-state index in [-0.39, 0.29) is 28.4 Å². The van der Waals surface area contributed by atoms with Crippen LogP contribution in [0.1, 0.15) is 167 Å². The Balaban J connectivity index is 0.000000153. The Morgan fingerprint density at radius 1 is 0.337 bits per heavy atom. The number of rotatable bonds is 7. The van der Waals surface area contributed by atoms with Gasteiger partial charge in [0, 0.05) is 63.2 Å². The van der Waals surface area contributed by atoms with Gasteiger partial charge in [0.15, 0.2) is 59.6 Å². The van der Waals surface area contributed by atoms with Gasteiger partial charge in [-0.05, 0) is 128 Å². The Morgan fingerprint density at radius 3 is 0.929 bits per heavy atom. The van der Waals surface area contributed by atoms with Crippen molar-refractivity contribution in [3.63, 3.8) is 0 Å². The van der Waals surface area contributed by atoms with E-state index < -0.39 is 34.6 Å². The largest absolute Gasteiger partial charge is 0.493 e. The quantitative estimate of drug-likeness (QED) is 0.0681. The number of aryl methyl sites for hydroxylation is 7. The van der Waals surface area contributed by atoms with Crippen LogP contribution in [0.15, 0.2) is 103 Å². The summed E-state index contributed by atoms with van der Waals surface area (Å²) in [4.78, 5) is 0. The van der Waals surface area contributed by atoms with Gasteiger partial charge in [0.25, 0.3) is 49.7 Å². The minimum absolute atomic E-state index is 0.0126. The molecule has 516 valence electrons. The summed E-state index contributed by atoms with van der Waals surface area (Å²) in [7, 11) is 4.84. The van der Waals surface area contributed by atoms with Gasteiger partial charge in [-0.25, -0.2) is 22.0 Å². The van der Waals surface area contributed by atoms with Crippen LogP contribution < -0.4 is 33.2 Å². The first-order valence-electron chi connectivity index (χ1n) is 32.9. The van der Waals surface area contributed by atoms with Gasteiger partial charge >= 0.3 is 0 Å². The molecule has 0 aliphatic carbocycles. The second-order valence-corrected chi connectivity index (χ2v) is 29.8. The Bertz CT molecular complexity index is 4450. The van der Waals surface area contributed by atoms with Gasteiger partial charge in [-0.2, -0.15) is 18.3 Å². The highest BCUT2D eigenvalue weighted by Crippen LogP contribution is 2.47. The van der Waals surface area contributed by atoms with Crippen LogP contribution in [-0.4, -0.2) is 91.4 Å². The number of methoxy groups -OCH3 is 3. The standard InChI is InChI=1S/C22H28NO4.C22H28NO.C19H17F5NO.C19H22NO/c1-14-8-16(22(2,3)4)20-17(9-14)23(13-27-20)12-15-10-18(24-5)21(26-7)19(11-15)25-6;1-14-8-16(3)18(17(4)9-14)12-23-13-24-21-19(22(5,6)7)10-15(2)11-20(21)23;1-9-5-11(19(2,3)4)18-12(6-9)25(8-26-18)7-10-13(20)15(22)17(24)16(23)14(10)21;1-14-10-16(19(2,3)4)18-17(11-14)20(13-21-18)12-15-8-6-5-7-9-15/h8-12H,13H2,1-7H3;8-12H,13H2,1-7H3;5-7H,8H2,1-4H3;5-12H,13H2,1-4H3/q4*+1/b2*23-12-;25-7-;20-12-. The van der Waals surface area contributed by atoms with Crippen molar-refractivity contribution in [2.45, 2.75) is 153 Å². The first-order chi connectivity index (χ1) is 45.9. The van der Waals surface area contributed by atoms with Crippen LogP contribution in [0.25, 0.3) is 0 Å². The van der Waals surface area contributed by atoms with E-state index in [1.165, 1.54) is 77.1 Å². The van der Waals surface area contributed by atoms with Gasteiger partial charge in [0.05, 0.1) is 21.3 Å². The normalized spacial score (nSPS) is 15.3. The first kappa shape index (κ1) is 72.9. The van der Waals surface area contributed by atoms with E-state index in [0.717, 1.165) is 45.8 Å². The lowest BCUT2D eigenvalue weighted by molar-refractivity contribution is -0.453. The molecule has 0 saturated heterocycles. The average molecular weight is 1340 g/mol. The van der Waals surface area contributed by atoms with E-state index in [2.05, 4.69) is 203 Å².